The lowest BCUT2D eigenvalue weighted by atomic mass is 10.0. The molecule has 3 aromatic rings. The summed E-state index contributed by atoms with van der Waals surface area (Å²) in [6.07, 6.45) is 1.93. The molecule has 25 heavy (non-hydrogen) atoms. The summed E-state index contributed by atoms with van der Waals surface area (Å²) in [6, 6.07) is 18.3. The first-order valence-corrected chi connectivity index (χ1v) is 9.74. The standard InChI is InChI=1S/C20H16N2OS2/c1-13-16(15-9-5-6-10-17(15)21-13)11-18-19(23)25-20(22-18)24-12-14-7-3-2-4-8-14/h2-11,23H,12H2,1H3/b16-11+. The number of benzene rings is 2. The Morgan fingerprint density at radius 2 is 1.84 bits per heavy atom. The number of fused-ring (bicyclic) bond motifs is 1. The fourth-order valence-electron chi connectivity index (χ4n) is 2.73. The van der Waals surface area contributed by atoms with Gasteiger partial charge in [0.25, 0.3) is 0 Å². The van der Waals surface area contributed by atoms with Crippen LogP contribution in [0, 0.1) is 0 Å². The molecular formula is C20H16N2OS2. The molecule has 0 amide bonds. The molecule has 124 valence electrons. The fourth-order valence-corrected chi connectivity index (χ4v) is 4.55. The molecule has 0 atom stereocenters. The number of rotatable bonds is 4. The van der Waals surface area contributed by atoms with Crippen LogP contribution in [0.3, 0.4) is 0 Å². The zero-order valence-electron chi connectivity index (χ0n) is 13.6. The highest BCUT2D eigenvalue weighted by molar-refractivity contribution is 8.00. The van der Waals surface area contributed by atoms with Gasteiger partial charge in [0, 0.05) is 22.6 Å². The van der Waals surface area contributed by atoms with E-state index < -0.39 is 0 Å². The van der Waals surface area contributed by atoms with Gasteiger partial charge in [-0.2, -0.15) is 0 Å². The molecule has 1 aliphatic heterocycles. The van der Waals surface area contributed by atoms with Crippen LogP contribution in [0.4, 0.5) is 5.69 Å². The normalized spacial score (nSPS) is 14.6. The van der Waals surface area contributed by atoms with E-state index >= 15 is 0 Å². The van der Waals surface area contributed by atoms with Gasteiger partial charge in [0.15, 0.2) is 9.40 Å². The molecule has 2 aromatic carbocycles. The summed E-state index contributed by atoms with van der Waals surface area (Å²) in [6.45, 7) is 1.99. The van der Waals surface area contributed by atoms with Gasteiger partial charge in [-0.25, -0.2) is 4.98 Å². The number of para-hydroxylation sites is 1. The quantitative estimate of drug-likeness (QED) is 0.596. The van der Waals surface area contributed by atoms with Crippen LogP contribution < -0.4 is 0 Å². The lowest BCUT2D eigenvalue weighted by molar-refractivity contribution is 0.488. The predicted octanol–water partition coefficient (Wildman–Crippen LogP) is 5.79. The predicted molar refractivity (Wildman–Crippen MR) is 107 cm³/mol. The van der Waals surface area contributed by atoms with Crippen molar-refractivity contribution in [1.82, 2.24) is 4.98 Å². The first kappa shape index (κ1) is 16.1. The minimum absolute atomic E-state index is 0.250. The number of aliphatic imine (C=N–C) groups is 1. The molecule has 1 N–H and O–H groups in total. The van der Waals surface area contributed by atoms with Crippen LogP contribution in [0.5, 0.6) is 5.06 Å². The molecule has 0 fully saturated rings. The summed E-state index contributed by atoms with van der Waals surface area (Å²) in [4.78, 5) is 9.18. The van der Waals surface area contributed by atoms with Crippen LogP contribution in [-0.2, 0) is 5.75 Å². The van der Waals surface area contributed by atoms with Crippen molar-refractivity contribution in [3.05, 3.63) is 71.4 Å². The van der Waals surface area contributed by atoms with Crippen LogP contribution in [0.15, 0.2) is 63.9 Å². The Morgan fingerprint density at radius 3 is 2.68 bits per heavy atom. The molecule has 2 heterocycles. The van der Waals surface area contributed by atoms with Gasteiger partial charge in [-0.05, 0) is 24.6 Å². The highest BCUT2D eigenvalue weighted by Gasteiger charge is 2.19. The third kappa shape index (κ3) is 3.38. The number of nitrogens with zero attached hydrogens (tertiary/aromatic N) is 2. The Bertz CT molecular complexity index is 974. The number of aromatic hydroxyl groups is 1. The Morgan fingerprint density at radius 1 is 1.08 bits per heavy atom. The summed E-state index contributed by atoms with van der Waals surface area (Å²) >= 11 is 2.96. The second-order valence-corrected chi connectivity index (χ2v) is 7.92. The summed E-state index contributed by atoms with van der Waals surface area (Å²) in [7, 11) is 0. The molecule has 0 aliphatic carbocycles. The molecule has 0 unspecified atom stereocenters. The van der Waals surface area contributed by atoms with E-state index in [-0.39, 0.29) is 5.06 Å². The van der Waals surface area contributed by atoms with E-state index in [1.807, 2.05) is 49.4 Å². The monoisotopic (exact) mass is 364 g/mol. The van der Waals surface area contributed by atoms with E-state index in [0.717, 1.165) is 32.6 Å². The molecule has 0 bridgehead atoms. The summed E-state index contributed by atoms with van der Waals surface area (Å²) in [5.41, 5.74) is 5.89. The van der Waals surface area contributed by atoms with Crippen LogP contribution in [0.1, 0.15) is 23.7 Å². The largest absolute Gasteiger partial charge is 0.498 e. The zero-order chi connectivity index (χ0) is 17.2. The molecule has 1 aromatic heterocycles. The first-order chi connectivity index (χ1) is 12.2. The third-order valence-electron chi connectivity index (χ3n) is 3.97. The Hall–Kier alpha value is -2.37. The van der Waals surface area contributed by atoms with E-state index in [9.17, 15) is 5.11 Å². The second-order valence-electron chi connectivity index (χ2n) is 5.72. The number of hydrogen-bond donors (Lipinski definition) is 1. The summed E-state index contributed by atoms with van der Waals surface area (Å²) < 4.78 is 0.870. The smallest absolute Gasteiger partial charge is 0.200 e. The van der Waals surface area contributed by atoms with Gasteiger partial charge >= 0.3 is 0 Å². The van der Waals surface area contributed by atoms with Crippen molar-refractivity contribution >= 4 is 46.1 Å². The second kappa shape index (κ2) is 6.86. The van der Waals surface area contributed by atoms with Gasteiger partial charge in [0.05, 0.1) is 5.69 Å². The maximum Gasteiger partial charge on any atom is 0.200 e. The summed E-state index contributed by atoms with van der Waals surface area (Å²) in [5.74, 6) is 0.840. The van der Waals surface area contributed by atoms with Gasteiger partial charge in [0.1, 0.15) is 5.69 Å². The van der Waals surface area contributed by atoms with Gasteiger partial charge in [-0.15, -0.1) is 0 Å². The van der Waals surface area contributed by atoms with E-state index in [2.05, 4.69) is 28.2 Å². The molecular weight excluding hydrogens is 348 g/mol. The highest BCUT2D eigenvalue weighted by atomic mass is 32.2. The van der Waals surface area contributed by atoms with Crippen LogP contribution in [0.25, 0.3) is 11.6 Å². The number of allylic oxidation sites excluding steroid dienone is 1. The van der Waals surface area contributed by atoms with Crippen LogP contribution in [0.2, 0.25) is 0 Å². The zero-order valence-corrected chi connectivity index (χ0v) is 15.3. The minimum Gasteiger partial charge on any atom is -0.498 e. The molecule has 1 aliphatic rings. The van der Waals surface area contributed by atoms with Crippen molar-refractivity contribution < 1.29 is 5.11 Å². The average Bonchev–Trinajstić information content (AvgIpc) is 3.14. The third-order valence-corrected chi connectivity index (χ3v) is 6.06. The number of aromatic nitrogens is 1. The lowest BCUT2D eigenvalue weighted by Gasteiger charge is -2.00. The van der Waals surface area contributed by atoms with Crippen molar-refractivity contribution in [1.29, 1.82) is 0 Å². The van der Waals surface area contributed by atoms with Crippen molar-refractivity contribution in [2.24, 2.45) is 4.99 Å². The topological polar surface area (TPSA) is 45.5 Å². The maximum absolute atomic E-state index is 10.3. The van der Waals surface area contributed by atoms with Gasteiger partial charge in [0.2, 0.25) is 0 Å². The van der Waals surface area contributed by atoms with Gasteiger partial charge in [-0.1, -0.05) is 71.6 Å². The van der Waals surface area contributed by atoms with E-state index in [0.29, 0.717) is 5.69 Å². The molecule has 4 rings (SSSR count). The number of hydrogen-bond acceptors (Lipinski definition) is 5. The van der Waals surface area contributed by atoms with Crippen LogP contribution in [-0.4, -0.2) is 15.8 Å². The minimum atomic E-state index is 0.250. The Labute approximate surface area is 154 Å². The van der Waals surface area contributed by atoms with Crippen molar-refractivity contribution in [2.75, 3.05) is 0 Å². The molecule has 0 spiro atoms. The fraction of sp³-hybridized carbons (Fsp3) is 0.100. The number of thioether (sulfide) groups is 1. The maximum atomic E-state index is 10.3. The van der Waals surface area contributed by atoms with Crippen molar-refractivity contribution in [3.63, 3.8) is 0 Å². The molecule has 0 radical (unpaired) electrons. The first-order valence-electron chi connectivity index (χ1n) is 7.94. The highest BCUT2D eigenvalue weighted by Crippen LogP contribution is 2.39. The number of thiazole rings is 1. The molecule has 5 heteroatoms. The molecule has 3 nitrogen and oxygen atoms in total. The van der Waals surface area contributed by atoms with E-state index in [1.165, 1.54) is 16.9 Å². The van der Waals surface area contributed by atoms with Crippen molar-refractivity contribution in [2.45, 2.75) is 17.0 Å². The average molecular weight is 364 g/mol. The molecule has 0 saturated heterocycles. The van der Waals surface area contributed by atoms with E-state index in [4.69, 9.17) is 0 Å². The Kier molecular flexibility index (Phi) is 4.42. The summed E-state index contributed by atoms with van der Waals surface area (Å²) in [5, 5.41) is 10.5. The van der Waals surface area contributed by atoms with Crippen LogP contribution >= 0.6 is 23.1 Å². The van der Waals surface area contributed by atoms with Gasteiger partial charge < -0.3 is 5.11 Å². The SMILES string of the molecule is CC1=Nc2ccccc2/C1=C/c1nc(SCc2ccccc2)sc1O. The molecule has 0 saturated carbocycles. The van der Waals surface area contributed by atoms with Crippen molar-refractivity contribution in [3.8, 4) is 5.06 Å². The lowest BCUT2D eigenvalue weighted by Crippen LogP contribution is -1.90. The van der Waals surface area contributed by atoms with E-state index in [1.54, 1.807) is 11.8 Å². The van der Waals surface area contributed by atoms with Gasteiger partial charge in [-0.3, -0.25) is 4.99 Å². The Balaban J connectivity index is 1.58.